The van der Waals surface area contributed by atoms with Crippen LogP contribution in [0.15, 0.2) is 22.7 Å². The topological polar surface area (TPSA) is 78.4 Å². The number of carboxylic acid groups (broad SMARTS) is 1. The number of carbonyl (C=O) groups excluding carboxylic acids is 1. The van der Waals surface area contributed by atoms with Gasteiger partial charge in [0.25, 0.3) is 0 Å². The lowest BCUT2D eigenvalue weighted by atomic mass is 10.2. The molecule has 1 rings (SSSR count). The van der Waals surface area contributed by atoms with Crippen LogP contribution >= 0.6 is 27.7 Å². The molecule has 0 radical (unpaired) electrons. The van der Waals surface area contributed by atoms with Crippen LogP contribution in [0.1, 0.15) is 23.2 Å². The van der Waals surface area contributed by atoms with Crippen LogP contribution in [0, 0.1) is 0 Å². The van der Waals surface area contributed by atoms with Gasteiger partial charge in [0.1, 0.15) is 0 Å². The molecule has 0 bridgehead atoms. The number of hydrogen-bond acceptors (Lipinski definition) is 3. The van der Waals surface area contributed by atoms with Gasteiger partial charge in [0.15, 0.2) is 0 Å². The van der Waals surface area contributed by atoms with Crippen LogP contribution in [0.4, 0.5) is 10.5 Å². The predicted molar refractivity (Wildman–Crippen MR) is 85.7 cm³/mol. The third kappa shape index (κ3) is 5.83. The lowest BCUT2D eigenvalue weighted by Crippen LogP contribution is -2.29. The summed E-state index contributed by atoms with van der Waals surface area (Å²) in [5.74, 6) is 0.0493. The molecule has 3 N–H and O–H groups in total. The first-order chi connectivity index (χ1) is 9.54. The SMILES string of the molecule is CSCCCCNC(=O)Nc1cc(C(=O)O)ccc1Br. The van der Waals surface area contributed by atoms with Crippen LogP contribution in [-0.2, 0) is 0 Å². The molecule has 20 heavy (non-hydrogen) atoms. The molecule has 0 atom stereocenters. The molecule has 0 saturated carbocycles. The monoisotopic (exact) mass is 360 g/mol. The molecule has 0 spiro atoms. The number of carboxylic acids is 1. The molecule has 7 heteroatoms. The fraction of sp³-hybridized carbons (Fsp3) is 0.385. The zero-order valence-corrected chi connectivity index (χ0v) is 13.5. The summed E-state index contributed by atoms with van der Waals surface area (Å²) < 4.78 is 0.639. The van der Waals surface area contributed by atoms with Gasteiger partial charge in [-0.3, -0.25) is 0 Å². The number of thioether (sulfide) groups is 1. The van der Waals surface area contributed by atoms with Crippen molar-refractivity contribution in [1.29, 1.82) is 0 Å². The number of benzene rings is 1. The van der Waals surface area contributed by atoms with Crippen molar-refractivity contribution in [2.45, 2.75) is 12.8 Å². The molecule has 110 valence electrons. The van der Waals surface area contributed by atoms with Gasteiger partial charge >= 0.3 is 12.0 Å². The normalized spacial score (nSPS) is 10.1. The first-order valence-corrected chi connectivity index (χ1v) is 8.30. The summed E-state index contributed by atoms with van der Waals surface area (Å²) in [6.45, 7) is 0.600. The quantitative estimate of drug-likeness (QED) is 0.651. The number of anilines is 1. The van der Waals surface area contributed by atoms with Crippen molar-refractivity contribution in [1.82, 2.24) is 5.32 Å². The largest absolute Gasteiger partial charge is 0.478 e. The van der Waals surface area contributed by atoms with E-state index in [2.05, 4.69) is 26.6 Å². The Morgan fingerprint density at radius 3 is 2.75 bits per heavy atom. The van der Waals surface area contributed by atoms with E-state index >= 15 is 0 Å². The third-order valence-electron chi connectivity index (χ3n) is 2.52. The highest BCUT2D eigenvalue weighted by Crippen LogP contribution is 2.23. The summed E-state index contributed by atoms with van der Waals surface area (Å²) in [6, 6.07) is 4.15. The van der Waals surface area contributed by atoms with Gasteiger partial charge in [-0.2, -0.15) is 11.8 Å². The highest BCUT2D eigenvalue weighted by molar-refractivity contribution is 9.10. The van der Waals surface area contributed by atoms with E-state index in [0.717, 1.165) is 18.6 Å². The first kappa shape index (κ1) is 16.8. The molecule has 5 nitrogen and oxygen atoms in total. The van der Waals surface area contributed by atoms with E-state index in [1.54, 1.807) is 17.8 Å². The van der Waals surface area contributed by atoms with Gasteiger partial charge in [-0.1, -0.05) is 0 Å². The van der Waals surface area contributed by atoms with Crippen molar-refractivity contribution in [2.75, 3.05) is 23.9 Å². The van der Waals surface area contributed by atoms with Gasteiger partial charge in [-0.25, -0.2) is 9.59 Å². The second-order valence-corrected chi connectivity index (χ2v) is 5.92. The summed E-state index contributed by atoms with van der Waals surface area (Å²) in [6.07, 6.45) is 4.03. The van der Waals surface area contributed by atoms with E-state index in [1.807, 2.05) is 6.26 Å². The Morgan fingerprint density at radius 2 is 2.10 bits per heavy atom. The molecule has 2 amide bonds. The molecule has 0 aromatic heterocycles. The third-order valence-corrected chi connectivity index (χ3v) is 3.91. The van der Waals surface area contributed by atoms with Crippen LogP contribution in [0.25, 0.3) is 0 Å². The lowest BCUT2D eigenvalue weighted by molar-refractivity contribution is 0.0697. The minimum Gasteiger partial charge on any atom is -0.478 e. The molecule has 1 aromatic carbocycles. The smallest absolute Gasteiger partial charge is 0.335 e. The predicted octanol–water partition coefficient (Wildman–Crippen LogP) is 3.41. The average Bonchev–Trinajstić information content (AvgIpc) is 2.40. The zero-order valence-electron chi connectivity index (χ0n) is 11.1. The summed E-state index contributed by atoms with van der Waals surface area (Å²) in [5.41, 5.74) is 0.565. The Labute approximate surface area is 130 Å². The molecule has 0 aliphatic rings. The van der Waals surface area contributed by atoms with Crippen LogP contribution in [0.5, 0.6) is 0 Å². The number of nitrogens with one attached hydrogen (secondary N) is 2. The van der Waals surface area contributed by atoms with E-state index in [4.69, 9.17) is 5.11 Å². The van der Waals surface area contributed by atoms with Crippen LogP contribution in [-0.4, -0.2) is 35.7 Å². The van der Waals surface area contributed by atoms with Crippen molar-refractivity contribution in [3.63, 3.8) is 0 Å². The highest BCUT2D eigenvalue weighted by atomic mass is 79.9. The minimum absolute atomic E-state index is 0.128. The Bertz CT molecular complexity index is 483. The lowest BCUT2D eigenvalue weighted by Gasteiger charge is -2.09. The molecular formula is C13H17BrN2O3S. The van der Waals surface area contributed by atoms with Gasteiger partial charge < -0.3 is 15.7 Å². The standard InChI is InChI=1S/C13H17BrN2O3S/c1-20-7-3-2-6-15-13(19)16-11-8-9(12(17)18)4-5-10(11)14/h4-5,8H,2-3,6-7H2,1H3,(H,17,18)(H2,15,16,19). The second-order valence-electron chi connectivity index (χ2n) is 4.08. The van der Waals surface area contributed by atoms with Gasteiger partial charge in [0, 0.05) is 11.0 Å². The minimum atomic E-state index is -1.03. The van der Waals surface area contributed by atoms with Gasteiger partial charge in [-0.05, 0) is 59.0 Å². The van der Waals surface area contributed by atoms with E-state index in [0.29, 0.717) is 16.7 Å². The van der Waals surface area contributed by atoms with Gasteiger partial charge in [-0.15, -0.1) is 0 Å². The van der Waals surface area contributed by atoms with E-state index in [9.17, 15) is 9.59 Å². The van der Waals surface area contributed by atoms with E-state index < -0.39 is 5.97 Å². The van der Waals surface area contributed by atoms with Crippen LogP contribution < -0.4 is 10.6 Å². The number of carbonyl (C=O) groups is 2. The van der Waals surface area contributed by atoms with E-state index in [1.165, 1.54) is 12.1 Å². The number of hydrogen-bond donors (Lipinski definition) is 3. The van der Waals surface area contributed by atoms with Gasteiger partial charge in [0.2, 0.25) is 0 Å². The van der Waals surface area contributed by atoms with Crippen LogP contribution in [0.3, 0.4) is 0 Å². The molecule has 1 aromatic rings. The Hall–Kier alpha value is -1.21. The Morgan fingerprint density at radius 1 is 1.35 bits per heavy atom. The number of unbranched alkanes of at least 4 members (excludes halogenated alkanes) is 1. The maximum absolute atomic E-state index is 11.7. The number of halogens is 1. The molecule has 0 aliphatic heterocycles. The maximum Gasteiger partial charge on any atom is 0.335 e. The Balaban J connectivity index is 2.49. The number of urea groups is 1. The molecule has 0 fully saturated rings. The fourth-order valence-corrected chi connectivity index (χ4v) is 2.33. The molecule has 0 heterocycles. The van der Waals surface area contributed by atoms with Crippen molar-refractivity contribution >= 4 is 45.4 Å². The summed E-state index contributed by atoms with van der Waals surface area (Å²) in [4.78, 5) is 22.6. The summed E-state index contributed by atoms with van der Waals surface area (Å²) in [5, 5.41) is 14.3. The molecule has 0 saturated heterocycles. The first-order valence-electron chi connectivity index (χ1n) is 6.11. The highest BCUT2D eigenvalue weighted by Gasteiger charge is 2.09. The number of aromatic carboxylic acids is 1. The van der Waals surface area contributed by atoms with Crippen LogP contribution in [0.2, 0.25) is 0 Å². The number of rotatable bonds is 7. The van der Waals surface area contributed by atoms with Gasteiger partial charge in [0.05, 0.1) is 11.3 Å². The molecule has 0 aliphatic carbocycles. The average molecular weight is 361 g/mol. The summed E-state index contributed by atoms with van der Waals surface area (Å²) >= 11 is 5.05. The Kier molecular flexibility index (Phi) is 7.46. The van der Waals surface area contributed by atoms with Crippen molar-refractivity contribution in [2.24, 2.45) is 0 Å². The molecular weight excluding hydrogens is 344 g/mol. The zero-order chi connectivity index (χ0) is 15.0. The summed E-state index contributed by atoms with van der Waals surface area (Å²) in [7, 11) is 0. The number of amides is 2. The van der Waals surface area contributed by atoms with Crippen molar-refractivity contribution in [3.05, 3.63) is 28.2 Å². The van der Waals surface area contributed by atoms with E-state index in [-0.39, 0.29) is 11.6 Å². The maximum atomic E-state index is 11.7. The fourth-order valence-electron chi connectivity index (χ4n) is 1.49. The second kappa shape index (κ2) is 8.86. The van der Waals surface area contributed by atoms with Crippen molar-refractivity contribution in [3.8, 4) is 0 Å². The van der Waals surface area contributed by atoms with Crippen molar-refractivity contribution < 1.29 is 14.7 Å². The molecule has 0 unspecified atom stereocenters.